The molecular formula is C16H26N4O2. The van der Waals surface area contributed by atoms with Crippen molar-refractivity contribution in [3.05, 3.63) is 18.0 Å². The molecule has 1 aromatic rings. The number of amides is 1. The second-order valence-corrected chi connectivity index (χ2v) is 6.53. The summed E-state index contributed by atoms with van der Waals surface area (Å²) in [6.45, 7) is 5.82. The first-order valence-corrected chi connectivity index (χ1v) is 8.32. The van der Waals surface area contributed by atoms with Gasteiger partial charge in [0.1, 0.15) is 6.54 Å². The Labute approximate surface area is 131 Å². The van der Waals surface area contributed by atoms with Gasteiger partial charge < -0.3 is 10.0 Å². The third-order valence-corrected chi connectivity index (χ3v) is 4.98. The Kier molecular flexibility index (Phi) is 4.78. The smallest absolute Gasteiger partial charge is 0.244 e. The van der Waals surface area contributed by atoms with Crippen molar-refractivity contribution in [3.63, 3.8) is 0 Å². The largest absolute Gasteiger partial charge is 0.392 e. The number of likely N-dealkylation sites (tertiary alicyclic amines) is 2. The van der Waals surface area contributed by atoms with Gasteiger partial charge >= 0.3 is 0 Å². The summed E-state index contributed by atoms with van der Waals surface area (Å²) in [6, 6.07) is 2.44. The van der Waals surface area contributed by atoms with Crippen LogP contribution in [0.15, 0.2) is 12.3 Å². The fourth-order valence-corrected chi connectivity index (χ4v) is 3.59. The predicted octanol–water partition coefficient (Wildman–Crippen LogP) is 0.639. The number of aryl methyl sites for hydroxylation is 1. The molecule has 2 fully saturated rings. The van der Waals surface area contributed by atoms with Gasteiger partial charge in [-0.25, -0.2) is 0 Å². The normalized spacial score (nSPS) is 24.6. The second kappa shape index (κ2) is 6.79. The molecule has 0 unspecified atom stereocenters. The summed E-state index contributed by atoms with van der Waals surface area (Å²) in [5, 5.41) is 14.0. The van der Waals surface area contributed by atoms with Crippen molar-refractivity contribution in [1.29, 1.82) is 0 Å². The molecule has 122 valence electrons. The van der Waals surface area contributed by atoms with Gasteiger partial charge in [-0.15, -0.1) is 0 Å². The van der Waals surface area contributed by atoms with Gasteiger partial charge in [0.15, 0.2) is 0 Å². The molecule has 0 radical (unpaired) electrons. The minimum atomic E-state index is -0.170. The minimum Gasteiger partial charge on any atom is -0.392 e. The zero-order chi connectivity index (χ0) is 15.5. The van der Waals surface area contributed by atoms with Crippen molar-refractivity contribution in [2.45, 2.75) is 51.3 Å². The highest BCUT2D eigenvalue weighted by molar-refractivity contribution is 5.76. The van der Waals surface area contributed by atoms with Crippen LogP contribution in [0, 0.1) is 6.92 Å². The Morgan fingerprint density at radius 1 is 1.32 bits per heavy atom. The maximum atomic E-state index is 12.4. The molecule has 6 nitrogen and oxygen atoms in total. The molecule has 1 N–H and O–H groups in total. The lowest BCUT2D eigenvalue weighted by molar-refractivity contribution is -0.133. The molecule has 2 aliphatic heterocycles. The Morgan fingerprint density at radius 3 is 2.73 bits per heavy atom. The Bertz CT molecular complexity index is 508. The maximum Gasteiger partial charge on any atom is 0.244 e. The van der Waals surface area contributed by atoms with Gasteiger partial charge in [0.2, 0.25) is 5.91 Å². The first-order chi connectivity index (χ1) is 10.6. The van der Waals surface area contributed by atoms with Crippen LogP contribution in [0.5, 0.6) is 0 Å². The molecule has 1 aromatic heterocycles. The Hall–Kier alpha value is -1.40. The number of aliphatic hydroxyl groups excluding tert-OH is 1. The van der Waals surface area contributed by atoms with Gasteiger partial charge in [0.05, 0.1) is 6.10 Å². The van der Waals surface area contributed by atoms with Crippen LogP contribution in [-0.4, -0.2) is 68.9 Å². The quantitative estimate of drug-likeness (QED) is 0.890. The topological polar surface area (TPSA) is 61.6 Å². The summed E-state index contributed by atoms with van der Waals surface area (Å²) in [7, 11) is 0. The van der Waals surface area contributed by atoms with E-state index in [4.69, 9.17) is 0 Å². The molecule has 3 rings (SSSR count). The summed E-state index contributed by atoms with van der Waals surface area (Å²) in [5.41, 5.74) is 1.02. The highest BCUT2D eigenvalue weighted by atomic mass is 16.3. The third-order valence-electron chi connectivity index (χ3n) is 4.98. The van der Waals surface area contributed by atoms with Crippen LogP contribution < -0.4 is 0 Å². The maximum absolute atomic E-state index is 12.4. The standard InChI is InChI=1S/C16H26N4O2/c1-13-4-7-17-20(13)12-16(22)18-9-5-14(6-10-18)19-8-2-3-15(21)11-19/h4,7,14-15,21H,2-3,5-6,8-12H2,1H3/t15-/m1/s1. The minimum absolute atomic E-state index is 0.156. The molecule has 0 aromatic carbocycles. The number of hydrogen-bond donors (Lipinski definition) is 1. The second-order valence-electron chi connectivity index (χ2n) is 6.53. The van der Waals surface area contributed by atoms with Crippen molar-refractivity contribution in [2.75, 3.05) is 26.2 Å². The molecule has 2 aliphatic rings. The van der Waals surface area contributed by atoms with E-state index in [9.17, 15) is 9.90 Å². The first-order valence-electron chi connectivity index (χ1n) is 8.32. The molecule has 6 heteroatoms. The van der Waals surface area contributed by atoms with E-state index in [1.165, 1.54) is 0 Å². The predicted molar refractivity (Wildman–Crippen MR) is 83.4 cm³/mol. The fourth-order valence-electron chi connectivity index (χ4n) is 3.59. The number of aromatic nitrogens is 2. The van der Waals surface area contributed by atoms with Crippen LogP contribution in [0.2, 0.25) is 0 Å². The Morgan fingerprint density at radius 2 is 2.09 bits per heavy atom. The SMILES string of the molecule is Cc1ccnn1CC(=O)N1CCC(N2CCC[C@@H](O)C2)CC1. The Balaban J connectivity index is 1.49. The number of rotatable bonds is 3. The number of carbonyl (C=O) groups is 1. The number of nitrogens with zero attached hydrogens (tertiary/aromatic N) is 4. The zero-order valence-electron chi connectivity index (χ0n) is 13.3. The highest BCUT2D eigenvalue weighted by Gasteiger charge is 2.29. The number of carbonyl (C=O) groups excluding carboxylic acids is 1. The molecule has 0 aliphatic carbocycles. The zero-order valence-corrected chi connectivity index (χ0v) is 13.3. The van der Waals surface area contributed by atoms with Gasteiger partial charge in [0.25, 0.3) is 0 Å². The number of β-amino-alcohol motifs (C(OH)–C–C–N with tert-alkyl or cyclic N) is 1. The number of hydrogen-bond acceptors (Lipinski definition) is 4. The average Bonchev–Trinajstić information content (AvgIpc) is 2.92. The van der Waals surface area contributed by atoms with E-state index in [0.29, 0.717) is 12.6 Å². The van der Waals surface area contributed by atoms with Crippen molar-refractivity contribution in [1.82, 2.24) is 19.6 Å². The molecule has 3 heterocycles. The first kappa shape index (κ1) is 15.5. The molecule has 0 bridgehead atoms. The third kappa shape index (κ3) is 3.50. The lowest BCUT2D eigenvalue weighted by Gasteiger charge is -2.41. The van der Waals surface area contributed by atoms with Crippen molar-refractivity contribution >= 4 is 5.91 Å². The van der Waals surface area contributed by atoms with E-state index >= 15 is 0 Å². The average molecular weight is 306 g/mol. The van der Waals surface area contributed by atoms with Crippen LogP contribution in [-0.2, 0) is 11.3 Å². The summed E-state index contributed by atoms with van der Waals surface area (Å²) in [6.07, 6.45) is 5.59. The molecule has 0 saturated carbocycles. The van der Waals surface area contributed by atoms with Gasteiger partial charge in [-0.05, 0) is 45.2 Å². The van der Waals surface area contributed by atoms with Crippen molar-refractivity contribution in [3.8, 4) is 0 Å². The van der Waals surface area contributed by atoms with E-state index < -0.39 is 0 Å². The van der Waals surface area contributed by atoms with Crippen molar-refractivity contribution in [2.24, 2.45) is 0 Å². The number of aliphatic hydroxyl groups is 1. The van der Waals surface area contributed by atoms with E-state index in [2.05, 4.69) is 10.00 Å². The lowest BCUT2D eigenvalue weighted by Crippen LogP contribution is -2.51. The highest BCUT2D eigenvalue weighted by Crippen LogP contribution is 2.21. The van der Waals surface area contributed by atoms with Crippen LogP contribution in [0.25, 0.3) is 0 Å². The molecule has 1 amide bonds. The molecule has 22 heavy (non-hydrogen) atoms. The summed E-state index contributed by atoms with van der Waals surface area (Å²) in [4.78, 5) is 16.7. The fraction of sp³-hybridized carbons (Fsp3) is 0.750. The summed E-state index contributed by atoms with van der Waals surface area (Å²) >= 11 is 0. The van der Waals surface area contributed by atoms with E-state index in [-0.39, 0.29) is 12.0 Å². The lowest BCUT2D eigenvalue weighted by atomic mass is 9.99. The van der Waals surface area contributed by atoms with Gasteiger partial charge in [0, 0.05) is 37.6 Å². The van der Waals surface area contributed by atoms with Crippen LogP contribution in [0.4, 0.5) is 0 Å². The van der Waals surface area contributed by atoms with Crippen LogP contribution in [0.3, 0.4) is 0 Å². The van der Waals surface area contributed by atoms with Gasteiger partial charge in [-0.2, -0.15) is 5.10 Å². The number of piperidine rings is 2. The molecular weight excluding hydrogens is 280 g/mol. The van der Waals surface area contributed by atoms with Crippen molar-refractivity contribution < 1.29 is 9.90 Å². The van der Waals surface area contributed by atoms with E-state index in [0.717, 1.165) is 57.6 Å². The van der Waals surface area contributed by atoms with Crippen LogP contribution in [0.1, 0.15) is 31.4 Å². The summed E-state index contributed by atoms with van der Waals surface area (Å²) < 4.78 is 1.76. The van der Waals surface area contributed by atoms with Gasteiger partial charge in [-0.1, -0.05) is 0 Å². The molecule has 2 saturated heterocycles. The summed E-state index contributed by atoms with van der Waals surface area (Å²) in [5.74, 6) is 0.156. The molecule has 0 spiro atoms. The van der Waals surface area contributed by atoms with Gasteiger partial charge in [-0.3, -0.25) is 14.4 Å². The van der Waals surface area contributed by atoms with E-state index in [1.54, 1.807) is 10.9 Å². The molecule has 1 atom stereocenters. The van der Waals surface area contributed by atoms with E-state index in [1.807, 2.05) is 17.9 Å². The monoisotopic (exact) mass is 306 g/mol. The van der Waals surface area contributed by atoms with Crippen LogP contribution >= 0.6 is 0 Å².